The number of amides is 4. The third-order valence-electron chi connectivity index (χ3n) is 13.2. The molecule has 0 spiro atoms. The van der Waals surface area contributed by atoms with Crippen LogP contribution in [0.4, 0.5) is 58.7 Å². The lowest BCUT2D eigenvalue weighted by Gasteiger charge is -2.40. The van der Waals surface area contributed by atoms with Crippen LogP contribution in [0.15, 0.2) is 109 Å². The van der Waals surface area contributed by atoms with Gasteiger partial charge < -0.3 is 43.8 Å². The van der Waals surface area contributed by atoms with E-state index in [1.165, 1.54) is 82.2 Å². The molecule has 0 fully saturated rings. The first-order valence-electron chi connectivity index (χ1n) is 23.1. The summed E-state index contributed by atoms with van der Waals surface area (Å²) in [5.74, 6) is -3.67. The third kappa shape index (κ3) is 10.5. The van der Waals surface area contributed by atoms with E-state index >= 15 is 0 Å². The van der Waals surface area contributed by atoms with Crippen LogP contribution in [0.25, 0.3) is 0 Å². The molecule has 0 aliphatic carbocycles. The summed E-state index contributed by atoms with van der Waals surface area (Å²) in [5.41, 5.74) is -1.47. The molecule has 0 bridgehead atoms. The molecule has 388 valence electrons. The number of rotatable bonds is 16. The van der Waals surface area contributed by atoms with Crippen molar-refractivity contribution in [3.63, 3.8) is 0 Å². The number of fused-ring (bicyclic) bond motifs is 2. The molecular weight excluding hydrogens is 993 g/mol. The zero-order valence-electron chi connectivity index (χ0n) is 39.9. The second-order valence-corrected chi connectivity index (χ2v) is 18.6. The summed E-state index contributed by atoms with van der Waals surface area (Å²) < 4.78 is 87.1. The van der Waals surface area contributed by atoms with E-state index in [0.29, 0.717) is 41.5 Å². The van der Waals surface area contributed by atoms with E-state index in [1.54, 1.807) is 0 Å². The van der Waals surface area contributed by atoms with E-state index in [4.69, 9.17) is 0 Å². The Morgan fingerprint density at radius 2 is 0.960 bits per heavy atom. The van der Waals surface area contributed by atoms with Gasteiger partial charge in [0.05, 0.1) is 108 Å². The molecule has 4 aromatic carbocycles. The molecule has 23 heteroatoms. The topological polar surface area (TPSA) is 220 Å². The van der Waals surface area contributed by atoms with Gasteiger partial charge in [0.1, 0.15) is 13.1 Å². The predicted octanol–water partition coefficient (Wildman–Crippen LogP) is 9.53. The molecule has 75 heavy (non-hydrogen) atoms. The van der Waals surface area contributed by atoms with Crippen molar-refractivity contribution >= 4 is 46.8 Å². The summed E-state index contributed by atoms with van der Waals surface area (Å²) in [6.07, 6.45) is -6.08. The highest BCUT2D eigenvalue weighted by Crippen LogP contribution is 2.51. The fraction of sp³-hybridized carbons (Fsp3) is 0.269. The van der Waals surface area contributed by atoms with E-state index in [9.17, 15) is 76.5 Å². The molecule has 0 radical (unpaired) electrons. The van der Waals surface area contributed by atoms with Gasteiger partial charge in [-0.25, -0.2) is 9.59 Å². The fourth-order valence-corrected chi connectivity index (χ4v) is 9.69. The van der Waals surface area contributed by atoms with E-state index in [2.05, 4.69) is 0 Å². The number of hydrogen-bond acceptors (Lipinski definition) is 8. The minimum atomic E-state index is -4.80. The third-order valence-corrected chi connectivity index (χ3v) is 13.2. The van der Waals surface area contributed by atoms with Crippen LogP contribution in [0, 0.1) is 22.7 Å². The number of carbonyl (C=O) groups is 4. The highest BCUT2D eigenvalue weighted by Gasteiger charge is 2.46. The number of nitriles is 2. The number of benzene rings is 4. The van der Waals surface area contributed by atoms with Gasteiger partial charge in [0.2, 0.25) is 0 Å². The standard InChI is InChI=1S/C52H45F6N9O8/c1-67(2,21-5-19-61-27-39-43(47(61)72)45(33-15-11-31(25-59)12-16-33)63(29-41(68)69)49(74)65(39)37-9-3-7-35(23-37)51(53,54)55)22-6-20-62-28-40-44(48(62)73)46(34-17-13-32(26-60)14-18-34)64(30-42(70)71)50(75)66(40)38-10-4-8-36(24-38)52(56,57)58/h3-4,7-18,23-24,27-28,45-46H,5-6,19-22,29-30H2,1-2H3,(H3-,68,69,70,71,72,73)/p+1/t45-,46-/m1/s1. The Labute approximate surface area is 423 Å². The molecule has 4 N–H and O–H groups in total. The number of aryl methyl sites for hydroxylation is 2. The smallest absolute Gasteiger partial charge is 0.416 e. The van der Waals surface area contributed by atoms with Gasteiger partial charge in [-0.2, -0.15) is 36.9 Å². The number of anilines is 4. The Morgan fingerprint density at radius 1 is 0.600 bits per heavy atom. The predicted molar refractivity (Wildman–Crippen MR) is 256 cm³/mol. The summed E-state index contributed by atoms with van der Waals surface area (Å²) in [6.45, 7) is -0.772. The molecule has 2 aliphatic rings. The van der Waals surface area contributed by atoms with Gasteiger partial charge in [0.15, 0.2) is 11.8 Å². The first kappa shape index (κ1) is 52.4. The van der Waals surface area contributed by atoms with Crippen molar-refractivity contribution < 1.29 is 70.4 Å². The molecule has 17 nitrogen and oxygen atoms in total. The summed E-state index contributed by atoms with van der Waals surface area (Å²) >= 11 is 0. The largest absolute Gasteiger partial charge is 0.494 e. The Morgan fingerprint density at radius 3 is 1.28 bits per heavy atom. The Hall–Kier alpha value is -8.96. The van der Waals surface area contributed by atoms with Crippen molar-refractivity contribution in [2.24, 2.45) is 0 Å². The SMILES string of the molecule is C[N+](C)(CCCn1cc2c(c1O)[C@@H](c1ccc(C#N)cc1)N(CC(=O)O)C(=O)N2c1cccc(C(F)(F)F)c1)CCCn1cc2c(c1O)[C@@H](c1ccc(C#N)cc1)N(CC(=O)O)C(=O)N2c1cccc(C(F)(F)F)c1. The Kier molecular flexibility index (Phi) is 14.1. The number of quaternary nitrogens is 1. The maximum atomic E-state index is 14.4. The minimum Gasteiger partial charge on any atom is -0.494 e. The van der Waals surface area contributed by atoms with Crippen molar-refractivity contribution in [1.29, 1.82) is 10.5 Å². The summed E-state index contributed by atoms with van der Waals surface area (Å²) in [7, 11) is 3.80. The highest BCUT2D eigenvalue weighted by molar-refractivity contribution is 6.05. The van der Waals surface area contributed by atoms with Crippen molar-refractivity contribution in [3.8, 4) is 23.9 Å². The number of aliphatic carboxylic acids is 2. The van der Waals surface area contributed by atoms with Gasteiger partial charge in [-0.1, -0.05) is 36.4 Å². The molecule has 0 unspecified atom stereocenters. The van der Waals surface area contributed by atoms with Crippen LogP contribution in [-0.4, -0.2) is 108 Å². The fourth-order valence-electron chi connectivity index (χ4n) is 9.69. The van der Waals surface area contributed by atoms with Gasteiger partial charge >= 0.3 is 36.4 Å². The Bertz CT molecular complexity index is 3070. The quantitative estimate of drug-likeness (QED) is 0.0531. The van der Waals surface area contributed by atoms with Crippen LogP contribution in [0.1, 0.15) is 69.4 Å². The van der Waals surface area contributed by atoms with E-state index in [1.807, 2.05) is 26.2 Å². The number of aromatic nitrogens is 2. The maximum Gasteiger partial charge on any atom is 0.416 e. The van der Waals surface area contributed by atoms with Crippen molar-refractivity contribution in [2.45, 2.75) is 50.4 Å². The molecule has 4 amide bonds. The van der Waals surface area contributed by atoms with Crippen molar-refractivity contribution in [1.82, 2.24) is 18.9 Å². The first-order valence-corrected chi connectivity index (χ1v) is 23.1. The first-order chi connectivity index (χ1) is 35.4. The van der Waals surface area contributed by atoms with Gasteiger partial charge in [0, 0.05) is 38.3 Å². The molecule has 2 aromatic heterocycles. The second kappa shape index (κ2) is 20.2. The number of alkyl halides is 6. The number of hydrogen-bond donors (Lipinski definition) is 4. The van der Waals surface area contributed by atoms with Gasteiger partial charge in [-0.3, -0.25) is 19.4 Å². The number of carbonyl (C=O) groups excluding carboxylic acids is 2. The van der Waals surface area contributed by atoms with Crippen molar-refractivity contribution in [3.05, 3.63) is 154 Å². The van der Waals surface area contributed by atoms with E-state index in [-0.39, 0.29) is 58.1 Å². The molecule has 0 saturated carbocycles. The Balaban J connectivity index is 1.07. The lowest BCUT2D eigenvalue weighted by Crippen LogP contribution is -2.49. The van der Waals surface area contributed by atoms with E-state index in [0.717, 1.165) is 56.0 Å². The van der Waals surface area contributed by atoms with Crippen LogP contribution in [0.2, 0.25) is 0 Å². The molecule has 0 saturated heterocycles. The average molecular weight is 1040 g/mol. The number of urea groups is 2. The van der Waals surface area contributed by atoms with Gasteiger partial charge in [-0.15, -0.1) is 0 Å². The maximum absolute atomic E-state index is 14.4. The number of halogens is 6. The molecular formula is C52H46F6N9O8+. The average Bonchev–Trinajstić information content (AvgIpc) is 3.85. The highest BCUT2D eigenvalue weighted by atomic mass is 19.4. The van der Waals surface area contributed by atoms with Gasteiger partial charge in [0.25, 0.3) is 0 Å². The molecule has 2 atom stereocenters. The van der Waals surface area contributed by atoms with Crippen LogP contribution >= 0.6 is 0 Å². The monoisotopic (exact) mass is 1040 g/mol. The van der Waals surface area contributed by atoms with Crippen LogP contribution in [0.3, 0.4) is 0 Å². The normalized spacial score (nSPS) is 15.9. The summed E-state index contributed by atoms with van der Waals surface area (Å²) in [5, 5.41) is 62.8. The minimum absolute atomic E-state index is 0.00312. The zero-order chi connectivity index (χ0) is 54.3. The lowest BCUT2D eigenvalue weighted by molar-refractivity contribution is -0.890. The van der Waals surface area contributed by atoms with Gasteiger partial charge in [-0.05, 0) is 71.8 Å². The van der Waals surface area contributed by atoms with Crippen LogP contribution in [-0.2, 0) is 35.0 Å². The van der Waals surface area contributed by atoms with Crippen LogP contribution in [0.5, 0.6) is 11.8 Å². The summed E-state index contributed by atoms with van der Waals surface area (Å²) in [6, 6.07) is 19.0. The van der Waals surface area contributed by atoms with Crippen LogP contribution < -0.4 is 9.80 Å². The lowest BCUT2D eigenvalue weighted by atomic mass is 9.94. The second-order valence-electron chi connectivity index (χ2n) is 18.6. The van der Waals surface area contributed by atoms with E-state index < -0.39 is 84.4 Å². The van der Waals surface area contributed by atoms with Crippen molar-refractivity contribution in [2.75, 3.05) is 50.1 Å². The molecule has 2 aliphatic heterocycles. The molecule has 8 rings (SSSR count). The summed E-state index contributed by atoms with van der Waals surface area (Å²) in [4.78, 5) is 57.0. The molecule has 6 aromatic rings. The number of aromatic hydroxyl groups is 2. The number of nitrogens with zero attached hydrogens (tertiary/aromatic N) is 9. The zero-order valence-corrected chi connectivity index (χ0v) is 39.9. The molecule has 4 heterocycles. The number of carboxylic acid groups (broad SMARTS) is 2. The number of carboxylic acids is 2.